The van der Waals surface area contributed by atoms with Gasteiger partial charge in [-0.3, -0.25) is 0 Å². The van der Waals surface area contributed by atoms with Gasteiger partial charge in [0, 0.05) is 23.8 Å². The van der Waals surface area contributed by atoms with Crippen LogP contribution in [-0.2, 0) is 19.4 Å². The van der Waals surface area contributed by atoms with Crippen molar-refractivity contribution in [1.82, 2.24) is 0 Å². The van der Waals surface area contributed by atoms with Crippen molar-refractivity contribution in [2.45, 2.75) is 19.4 Å². The van der Waals surface area contributed by atoms with E-state index in [1.807, 2.05) is 24.4 Å². The number of methoxy groups -OCH3 is 4. The SMILES string of the molecule is COc1cc(Cc2c3[n+](cc4c(O)c(OC)ccc24)CCc2cc4c(cc2-3)OCO4)cc(OC)c1OC.[Cl-]. The molecule has 2 aliphatic rings. The number of halogens is 1. The zero-order valence-electron chi connectivity index (χ0n) is 21.6. The summed E-state index contributed by atoms with van der Waals surface area (Å²) in [6.45, 7) is 0.985. The third kappa shape index (κ3) is 3.96. The first-order valence-corrected chi connectivity index (χ1v) is 12.0. The highest BCUT2D eigenvalue weighted by atomic mass is 35.5. The zero-order valence-corrected chi connectivity index (χ0v) is 22.3. The Morgan fingerprint density at radius 1 is 0.842 bits per heavy atom. The summed E-state index contributed by atoms with van der Waals surface area (Å²) >= 11 is 0. The van der Waals surface area contributed by atoms with E-state index in [0.29, 0.717) is 29.4 Å². The third-order valence-corrected chi connectivity index (χ3v) is 7.16. The van der Waals surface area contributed by atoms with Crippen LogP contribution in [0.4, 0.5) is 0 Å². The second kappa shape index (κ2) is 10.0. The number of phenols is 1. The van der Waals surface area contributed by atoms with Crippen LogP contribution in [0.5, 0.6) is 40.2 Å². The molecule has 0 radical (unpaired) electrons. The summed E-state index contributed by atoms with van der Waals surface area (Å²) < 4.78 is 35.8. The molecule has 0 aliphatic carbocycles. The van der Waals surface area contributed by atoms with Crippen molar-refractivity contribution in [3.05, 3.63) is 59.3 Å². The van der Waals surface area contributed by atoms with E-state index in [-0.39, 0.29) is 24.9 Å². The second-order valence-electron chi connectivity index (χ2n) is 9.05. The highest BCUT2D eigenvalue weighted by Crippen LogP contribution is 2.45. The number of nitrogens with zero attached hydrogens (tertiary/aromatic N) is 1. The molecule has 0 unspecified atom stereocenters. The molecule has 0 amide bonds. The maximum absolute atomic E-state index is 11.1. The maximum Gasteiger partial charge on any atom is 0.231 e. The van der Waals surface area contributed by atoms with E-state index in [9.17, 15) is 5.11 Å². The van der Waals surface area contributed by atoms with Crippen LogP contribution in [0.15, 0.2) is 42.6 Å². The molecule has 0 saturated heterocycles. The Morgan fingerprint density at radius 3 is 2.18 bits per heavy atom. The molecule has 3 aromatic carbocycles. The number of aromatic hydroxyl groups is 1. The molecule has 0 atom stereocenters. The average molecular weight is 538 g/mol. The molecule has 198 valence electrons. The number of benzene rings is 3. The molecular weight excluding hydrogens is 510 g/mol. The molecule has 1 N–H and O–H groups in total. The molecule has 3 heterocycles. The van der Waals surface area contributed by atoms with E-state index in [1.165, 1.54) is 5.56 Å². The predicted octanol–water partition coefficient (Wildman–Crippen LogP) is 1.41. The van der Waals surface area contributed by atoms with Crippen LogP contribution in [0.1, 0.15) is 16.7 Å². The summed E-state index contributed by atoms with van der Waals surface area (Å²) in [4.78, 5) is 0. The fraction of sp³-hybridized carbons (Fsp3) is 0.276. The van der Waals surface area contributed by atoms with Crippen molar-refractivity contribution in [2.75, 3.05) is 35.2 Å². The van der Waals surface area contributed by atoms with Gasteiger partial charge in [-0.25, -0.2) is 0 Å². The van der Waals surface area contributed by atoms with E-state index < -0.39 is 0 Å². The van der Waals surface area contributed by atoms with E-state index in [1.54, 1.807) is 34.5 Å². The van der Waals surface area contributed by atoms with E-state index >= 15 is 0 Å². The Labute approximate surface area is 226 Å². The van der Waals surface area contributed by atoms with Gasteiger partial charge >= 0.3 is 0 Å². The summed E-state index contributed by atoms with van der Waals surface area (Å²) in [5.41, 5.74) is 5.41. The number of aromatic nitrogens is 1. The number of hydrogen-bond acceptors (Lipinski definition) is 7. The standard InChI is InChI=1S/C29H27NO7.ClH/c1-32-22-6-5-18-20(9-16-10-25(33-2)29(35-4)26(11-16)34-3)27-19-13-24-23(36-15-37-24)12-17(19)7-8-30(27)14-21(18)28(22)31;/h5-6,10-14H,7-9,15H2,1-4H3;1H. The number of aryl methyl sites for hydroxylation is 2. The molecule has 38 heavy (non-hydrogen) atoms. The Balaban J connectivity index is 0.00000294. The van der Waals surface area contributed by atoms with Gasteiger partial charge < -0.3 is 45.9 Å². The first-order chi connectivity index (χ1) is 18.1. The molecule has 1 aromatic heterocycles. The average Bonchev–Trinajstić information content (AvgIpc) is 3.38. The minimum absolute atomic E-state index is 0. The number of ether oxygens (including phenoxy) is 6. The first kappa shape index (κ1) is 25.6. The van der Waals surface area contributed by atoms with Gasteiger partial charge in [0.05, 0.1) is 39.4 Å². The molecule has 8 nitrogen and oxygen atoms in total. The number of phenolic OH excluding ortho intramolecular Hbond substituents is 1. The highest BCUT2D eigenvalue weighted by molar-refractivity contribution is 5.95. The molecule has 2 aliphatic heterocycles. The van der Waals surface area contributed by atoms with Gasteiger partial charge in [0.15, 0.2) is 47.2 Å². The Kier molecular flexibility index (Phi) is 6.75. The van der Waals surface area contributed by atoms with E-state index in [4.69, 9.17) is 28.4 Å². The highest BCUT2D eigenvalue weighted by Gasteiger charge is 2.32. The number of fused-ring (bicyclic) bond motifs is 5. The van der Waals surface area contributed by atoms with Gasteiger partial charge in [-0.05, 0) is 47.5 Å². The summed E-state index contributed by atoms with van der Waals surface area (Å²) in [6, 6.07) is 11.9. The summed E-state index contributed by atoms with van der Waals surface area (Å²) in [5, 5.41) is 12.7. The number of rotatable bonds is 6. The van der Waals surface area contributed by atoms with Crippen LogP contribution in [0.3, 0.4) is 0 Å². The van der Waals surface area contributed by atoms with Crippen LogP contribution in [-0.4, -0.2) is 40.3 Å². The molecular formula is C29H28ClNO7. The van der Waals surface area contributed by atoms with Crippen molar-refractivity contribution in [1.29, 1.82) is 0 Å². The number of hydrogen-bond donors (Lipinski definition) is 1. The van der Waals surface area contributed by atoms with Crippen molar-refractivity contribution >= 4 is 10.8 Å². The van der Waals surface area contributed by atoms with Crippen LogP contribution < -0.4 is 45.4 Å². The zero-order chi connectivity index (χ0) is 25.7. The lowest BCUT2D eigenvalue weighted by Gasteiger charge is -2.21. The summed E-state index contributed by atoms with van der Waals surface area (Å²) in [5.74, 6) is 3.80. The number of pyridine rings is 1. The molecule has 9 heteroatoms. The third-order valence-electron chi connectivity index (χ3n) is 7.16. The largest absolute Gasteiger partial charge is 1.00 e. The van der Waals surface area contributed by atoms with Crippen molar-refractivity contribution in [3.63, 3.8) is 0 Å². The topological polar surface area (TPSA) is 79.5 Å². The van der Waals surface area contributed by atoms with Crippen LogP contribution >= 0.6 is 0 Å². The maximum atomic E-state index is 11.1. The lowest BCUT2D eigenvalue weighted by atomic mass is 9.88. The minimum atomic E-state index is 0. The van der Waals surface area contributed by atoms with Crippen molar-refractivity contribution in [2.24, 2.45) is 0 Å². The lowest BCUT2D eigenvalue weighted by molar-refractivity contribution is -0.686. The fourth-order valence-electron chi connectivity index (χ4n) is 5.43. The molecule has 4 aromatic rings. The smallest absolute Gasteiger partial charge is 0.231 e. The van der Waals surface area contributed by atoms with Crippen LogP contribution in [0, 0.1) is 0 Å². The van der Waals surface area contributed by atoms with Gasteiger partial charge in [-0.2, -0.15) is 4.57 Å². The van der Waals surface area contributed by atoms with Gasteiger partial charge in [0.2, 0.25) is 18.2 Å². The molecule has 0 spiro atoms. The van der Waals surface area contributed by atoms with Gasteiger partial charge in [-0.15, -0.1) is 0 Å². The Bertz CT molecular complexity index is 1530. The predicted molar refractivity (Wildman–Crippen MR) is 137 cm³/mol. The molecule has 0 fully saturated rings. The second-order valence-corrected chi connectivity index (χ2v) is 9.05. The lowest BCUT2D eigenvalue weighted by Crippen LogP contribution is -3.00. The van der Waals surface area contributed by atoms with Crippen LogP contribution in [0.2, 0.25) is 0 Å². The summed E-state index contributed by atoms with van der Waals surface area (Å²) in [7, 11) is 6.37. The quantitative estimate of drug-likeness (QED) is 0.373. The van der Waals surface area contributed by atoms with Crippen molar-refractivity contribution in [3.8, 4) is 51.5 Å². The fourth-order valence-corrected chi connectivity index (χ4v) is 5.43. The van der Waals surface area contributed by atoms with Gasteiger partial charge in [0.25, 0.3) is 0 Å². The molecule has 6 rings (SSSR count). The van der Waals surface area contributed by atoms with Gasteiger partial charge in [0.1, 0.15) is 0 Å². The minimum Gasteiger partial charge on any atom is -1.00 e. The molecule has 0 saturated carbocycles. The Hall–Kier alpha value is -4.04. The van der Waals surface area contributed by atoms with E-state index in [2.05, 4.69) is 16.7 Å². The monoisotopic (exact) mass is 537 g/mol. The summed E-state index contributed by atoms with van der Waals surface area (Å²) in [6.07, 6.45) is 3.40. The van der Waals surface area contributed by atoms with Crippen molar-refractivity contribution < 1.29 is 50.5 Å². The van der Waals surface area contributed by atoms with Crippen LogP contribution in [0.25, 0.3) is 22.0 Å². The Morgan fingerprint density at radius 2 is 1.53 bits per heavy atom. The first-order valence-electron chi connectivity index (χ1n) is 12.0. The van der Waals surface area contributed by atoms with Gasteiger partial charge in [-0.1, -0.05) is 0 Å². The normalized spacial score (nSPS) is 12.8. The van der Waals surface area contributed by atoms with E-state index in [0.717, 1.165) is 57.6 Å². The molecule has 0 bridgehead atoms.